The molecule has 9 nitrogen and oxygen atoms in total. The summed E-state index contributed by atoms with van der Waals surface area (Å²) in [7, 11) is 0. The number of nitrogens with zero attached hydrogens (tertiary/aromatic N) is 6. The maximum absolute atomic E-state index is 6.61. The van der Waals surface area contributed by atoms with Crippen molar-refractivity contribution >= 4 is 131 Å². The van der Waals surface area contributed by atoms with Gasteiger partial charge >= 0.3 is 0 Å². The summed E-state index contributed by atoms with van der Waals surface area (Å²) in [4.78, 5) is 16.1. The number of pyridine rings is 3. The van der Waals surface area contributed by atoms with Crippen LogP contribution >= 0.6 is 0 Å². The fourth-order valence-corrected chi connectivity index (χ4v) is 24.6. The Morgan fingerprint density at radius 3 is 1.01 bits per heavy atom. The molecule has 1 atom stereocenters. The molecule has 0 N–H and O–H groups in total. The average molecular weight is 1870 g/mol. The average Bonchev–Trinajstić information content (AvgIpc) is 1.55. The maximum atomic E-state index is 6.61. The molecule has 0 saturated heterocycles. The van der Waals surface area contributed by atoms with E-state index in [0.29, 0.717) is 0 Å². The molecule has 31 rings (SSSR count). The molecule has 0 bridgehead atoms. The Hall–Kier alpha value is -18.6. The van der Waals surface area contributed by atoms with E-state index in [1.54, 1.807) is 0 Å². The standard InChI is InChI=1S/C49H32N2O.2C44H30N2O/c1-49(34-19-9-4-10-20-34)41-28-40-36-22-12-14-24-46(36)52-47(40)29-38(41)37-27-39-35-21-11-13-23-44(35)51(45(39)30-42(37)49)48-26-33(31-15-5-2-6-16-31)25-43(50-48)32-17-7-3-8-18-32;1-44(2)35-26-38-34(25-33(35)31-21-22-40-42(43(31)44)32-18-10-12-20-39(32)47-40)30-17-9-11-19-37(30)46(38)41-24-29(27-13-5-3-6-14-27)23-36(45-41)28-15-7-4-8-16-28;1-44(2)35-22-21-32-31-18-10-12-20-40(31)47-43(32)42(35)34-25-33-30-17-9-11-19-38(30)46(39(33)26-36(34)44)41-24-29(27-13-5-3-6-14-27)23-37(45-41)28-15-7-4-8-16-28/h2-30H,1H3;2*3-26H,1-2H3. The summed E-state index contributed by atoms with van der Waals surface area (Å²) in [5.74, 6) is 2.71. The molecular weight excluding hydrogens is 1780 g/mol. The zero-order valence-corrected chi connectivity index (χ0v) is 80.9. The van der Waals surface area contributed by atoms with Crippen LogP contribution in [0.15, 0.2) is 480 Å². The monoisotopic (exact) mass is 1870 g/mol. The summed E-state index contributed by atoms with van der Waals surface area (Å²) < 4.78 is 26.5. The summed E-state index contributed by atoms with van der Waals surface area (Å²) in [5, 5.41) is 14.3. The molecule has 3 aliphatic rings. The van der Waals surface area contributed by atoms with E-state index >= 15 is 0 Å². The van der Waals surface area contributed by atoms with Crippen molar-refractivity contribution < 1.29 is 13.3 Å². The Morgan fingerprint density at radius 1 is 0.199 bits per heavy atom. The summed E-state index contributed by atoms with van der Waals surface area (Å²) in [5.41, 5.74) is 41.3. The van der Waals surface area contributed by atoms with E-state index in [9.17, 15) is 0 Å². The zero-order chi connectivity index (χ0) is 96.9. The lowest BCUT2D eigenvalue weighted by molar-refractivity contribution is 0.653. The molecule has 9 aromatic heterocycles. The van der Waals surface area contributed by atoms with Crippen LogP contribution in [0.25, 0.3) is 249 Å². The van der Waals surface area contributed by atoms with Crippen molar-refractivity contribution in [3.8, 4) is 118 Å². The van der Waals surface area contributed by atoms with Gasteiger partial charge in [0.05, 0.1) is 50.2 Å². The van der Waals surface area contributed by atoms with E-state index in [1.165, 1.54) is 132 Å². The van der Waals surface area contributed by atoms with E-state index in [2.05, 4.69) is 497 Å². The molecule has 9 heteroatoms. The molecule has 28 aromatic rings. The number of hydrogen-bond acceptors (Lipinski definition) is 6. The Bertz CT molecular complexity index is 10100. The van der Waals surface area contributed by atoms with Crippen molar-refractivity contribution in [2.24, 2.45) is 0 Å². The molecule has 0 radical (unpaired) electrons. The van der Waals surface area contributed by atoms with Gasteiger partial charge < -0.3 is 13.3 Å². The smallest absolute Gasteiger partial charge is 0.143 e. The number of benzene rings is 19. The van der Waals surface area contributed by atoms with Crippen molar-refractivity contribution in [2.45, 2.75) is 50.9 Å². The molecule has 0 fully saturated rings. The summed E-state index contributed by atoms with van der Waals surface area (Å²) in [6.45, 7) is 11.8. The van der Waals surface area contributed by atoms with Gasteiger partial charge in [0.15, 0.2) is 0 Å². The molecule has 0 aliphatic heterocycles. The molecule has 3 aliphatic carbocycles. The first-order valence-electron chi connectivity index (χ1n) is 50.3. The summed E-state index contributed by atoms with van der Waals surface area (Å²) in [6, 6.07) is 167. The minimum atomic E-state index is -0.400. The second-order valence-electron chi connectivity index (χ2n) is 40.5. The predicted octanol–water partition coefficient (Wildman–Crippen LogP) is 36.2. The normalized spacial score (nSPS) is 14.1. The van der Waals surface area contributed by atoms with E-state index in [1.807, 2.05) is 18.2 Å². The molecule has 0 saturated carbocycles. The van der Waals surface area contributed by atoms with Gasteiger partial charge in [0.25, 0.3) is 0 Å². The van der Waals surface area contributed by atoms with Crippen LogP contribution in [0.3, 0.4) is 0 Å². The number of hydrogen-bond donors (Lipinski definition) is 0. The highest BCUT2D eigenvalue weighted by molar-refractivity contribution is 6.19. The van der Waals surface area contributed by atoms with Gasteiger partial charge in [0, 0.05) is 103 Å². The van der Waals surface area contributed by atoms with Crippen LogP contribution in [-0.2, 0) is 16.2 Å². The number of para-hydroxylation sites is 6. The van der Waals surface area contributed by atoms with E-state index < -0.39 is 5.41 Å². The maximum Gasteiger partial charge on any atom is 0.143 e. The minimum absolute atomic E-state index is 0.207. The van der Waals surface area contributed by atoms with E-state index in [0.717, 1.165) is 156 Å². The third kappa shape index (κ3) is 12.9. The topological polar surface area (TPSA) is 92.9 Å². The molecule has 146 heavy (non-hydrogen) atoms. The van der Waals surface area contributed by atoms with E-state index in [-0.39, 0.29) is 10.8 Å². The van der Waals surface area contributed by atoms with Crippen LogP contribution in [0.5, 0.6) is 0 Å². The Morgan fingerprint density at radius 2 is 0.548 bits per heavy atom. The van der Waals surface area contributed by atoms with Gasteiger partial charge in [-0.15, -0.1) is 0 Å². The van der Waals surface area contributed by atoms with Crippen LogP contribution in [0, 0.1) is 0 Å². The summed E-state index contributed by atoms with van der Waals surface area (Å²) in [6.07, 6.45) is 0. The van der Waals surface area contributed by atoms with Crippen molar-refractivity contribution in [1.29, 1.82) is 0 Å². The molecule has 688 valence electrons. The zero-order valence-electron chi connectivity index (χ0n) is 80.9. The van der Waals surface area contributed by atoms with Crippen molar-refractivity contribution in [1.82, 2.24) is 28.7 Å². The van der Waals surface area contributed by atoms with E-state index in [4.69, 9.17) is 28.2 Å². The highest BCUT2D eigenvalue weighted by Gasteiger charge is 2.45. The SMILES string of the molecule is CC1(C)c2cc3c(cc2-c2c1ccc1c2oc2ccccc21)c1ccccc1n3-c1cc(-c2ccccc2)cc(-c2ccccc2)n1.CC1(C)c2cc3c(cc2-c2ccc4oc5ccccc5c4c21)c1ccccc1n3-c1cc(-c2ccccc2)cc(-c2ccccc2)n1.CC1(c2ccccc2)c2cc3c(cc2-c2cc4c5ccccc5n(-c5cc(-c6ccccc6)cc(-c6ccccc6)n5)c4cc21)oc1ccccc13. The lowest BCUT2D eigenvalue weighted by Crippen LogP contribution is -2.22. The van der Waals surface area contributed by atoms with Crippen LogP contribution in [0.4, 0.5) is 0 Å². The van der Waals surface area contributed by atoms with Crippen LogP contribution in [-0.4, -0.2) is 28.7 Å². The molecular formula is C137H92N6O3. The van der Waals surface area contributed by atoms with Gasteiger partial charge in [-0.3, -0.25) is 13.7 Å². The molecule has 0 amide bonds. The molecule has 19 aromatic carbocycles. The second kappa shape index (κ2) is 32.5. The minimum Gasteiger partial charge on any atom is -0.456 e. The third-order valence-corrected chi connectivity index (χ3v) is 31.6. The second-order valence-corrected chi connectivity index (χ2v) is 40.5. The lowest BCUT2D eigenvalue weighted by atomic mass is 9.74. The van der Waals surface area contributed by atoms with Gasteiger partial charge in [-0.2, -0.15) is 0 Å². The quantitative estimate of drug-likeness (QED) is 0.135. The lowest BCUT2D eigenvalue weighted by Gasteiger charge is -2.28. The van der Waals surface area contributed by atoms with Gasteiger partial charge in [0.1, 0.15) is 51.0 Å². The largest absolute Gasteiger partial charge is 0.456 e. The first-order valence-corrected chi connectivity index (χ1v) is 50.3. The van der Waals surface area contributed by atoms with Gasteiger partial charge in [0.2, 0.25) is 0 Å². The number of rotatable bonds is 10. The number of aromatic nitrogens is 6. The number of fused-ring (bicyclic) bond motifs is 29. The fourth-order valence-electron chi connectivity index (χ4n) is 24.6. The Balaban J connectivity index is 0.000000104. The first kappa shape index (κ1) is 84.3. The highest BCUT2D eigenvalue weighted by atomic mass is 16.3. The van der Waals surface area contributed by atoms with Crippen LogP contribution in [0.1, 0.15) is 73.6 Å². The van der Waals surface area contributed by atoms with Crippen molar-refractivity contribution in [2.75, 3.05) is 0 Å². The first-order chi connectivity index (χ1) is 71.8. The van der Waals surface area contributed by atoms with Crippen LogP contribution in [0.2, 0.25) is 0 Å². The molecule has 0 spiro atoms. The van der Waals surface area contributed by atoms with Gasteiger partial charge in [-0.25, -0.2) is 15.0 Å². The van der Waals surface area contributed by atoms with Crippen LogP contribution < -0.4 is 0 Å². The van der Waals surface area contributed by atoms with Gasteiger partial charge in [-0.05, 0) is 234 Å². The van der Waals surface area contributed by atoms with Gasteiger partial charge in [-0.1, -0.05) is 367 Å². The van der Waals surface area contributed by atoms with Crippen molar-refractivity contribution in [3.63, 3.8) is 0 Å². The predicted molar refractivity (Wildman–Crippen MR) is 603 cm³/mol. The Labute approximate surface area is 842 Å². The fraction of sp³-hybridized carbons (Fsp3) is 0.0584. The number of furan rings is 3. The Kier molecular flexibility index (Phi) is 18.8. The van der Waals surface area contributed by atoms with Crippen molar-refractivity contribution in [3.05, 3.63) is 506 Å². The highest BCUT2D eigenvalue weighted by Crippen LogP contribution is 2.60. The third-order valence-electron chi connectivity index (χ3n) is 31.6. The molecule has 1 unspecified atom stereocenters. The summed E-state index contributed by atoms with van der Waals surface area (Å²) >= 11 is 0. The molecule has 9 heterocycles.